The molecule has 0 saturated carbocycles. The Balaban J connectivity index is 1.99. The molecule has 2 heterocycles. The number of rotatable bonds is 5. The fourth-order valence-electron chi connectivity index (χ4n) is 1.33. The molecule has 0 aliphatic carbocycles. The summed E-state index contributed by atoms with van der Waals surface area (Å²) in [5.74, 6) is -0.149. The molecule has 0 spiro atoms. The Hall–Kier alpha value is -1.60. The van der Waals surface area contributed by atoms with Gasteiger partial charge in [0.25, 0.3) is 5.91 Å². The summed E-state index contributed by atoms with van der Waals surface area (Å²) in [5.41, 5.74) is 0.665. The van der Waals surface area contributed by atoms with E-state index in [0.717, 1.165) is 17.8 Å². The molecular formula is C10H13N5OS. The van der Waals surface area contributed by atoms with Crippen molar-refractivity contribution in [2.45, 2.75) is 6.42 Å². The maximum Gasteiger partial charge on any atom is 0.280 e. The standard InChI is InChI=1S/C10H13N5OS/c1-11-3-2-4-13-8(16)10-15-7-5-12-6-14-9(7)17-10/h5-6,11H,2-4H2,1H3,(H,13,16). The van der Waals surface area contributed by atoms with Crippen LogP contribution >= 0.6 is 11.3 Å². The highest BCUT2D eigenvalue weighted by Gasteiger charge is 2.11. The van der Waals surface area contributed by atoms with Gasteiger partial charge in [0.15, 0.2) is 5.01 Å². The van der Waals surface area contributed by atoms with E-state index in [1.54, 1.807) is 6.20 Å². The van der Waals surface area contributed by atoms with Gasteiger partial charge in [0, 0.05) is 6.54 Å². The molecule has 17 heavy (non-hydrogen) atoms. The zero-order valence-electron chi connectivity index (χ0n) is 9.43. The number of fused-ring (bicyclic) bond motifs is 1. The number of thiazole rings is 1. The maximum absolute atomic E-state index is 11.7. The highest BCUT2D eigenvalue weighted by atomic mass is 32.1. The molecule has 0 unspecified atom stereocenters. The van der Waals surface area contributed by atoms with E-state index < -0.39 is 0 Å². The van der Waals surface area contributed by atoms with E-state index in [2.05, 4.69) is 25.6 Å². The summed E-state index contributed by atoms with van der Waals surface area (Å²) in [7, 11) is 1.88. The monoisotopic (exact) mass is 251 g/mol. The van der Waals surface area contributed by atoms with Crippen molar-refractivity contribution in [3.05, 3.63) is 17.5 Å². The van der Waals surface area contributed by atoms with Crippen LogP contribution < -0.4 is 10.6 Å². The molecule has 0 aliphatic rings. The van der Waals surface area contributed by atoms with Gasteiger partial charge in [-0.1, -0.05) is 11.3 Å². The topological polar surface area (TPSA) is 79.8 Å². The van der Waals surface area contributed by atoms with Crippen LogP contribution in [0.15, 0.2) is 12.5 Å². The van der Waals surface area contributed by atoms with E-state index in [-0.39, 0.29) is 5.91 Å². The minimum absolute atomic E-state index is 0.149. The first-order valence-corrected chi connectivity index (χ1v) is 6.12. The number of amides is 1. The minimum Gasteiger partial charge on any atom is -0.350 e. The normalized spacial score (nSPS) is 10.6. The van der Waals surface area contributed by atoms with E-state index in [0.29, 0.717) is 17.1 Å². The SMILES string of the molecule is CNCCCNC(=O)c1nc2cncnc2s1. The van der Waals surface area contributed by atoms with Gasteiger partial charge in [0.2, 0.25) is 0 Å². The average molecular weight is 251 g/mol. The molecule has 0 bridgehead atoms. The largest absolute Gasteiger partial charge is 0.350 e. The lowest BCUT2D eigenvalue weighted by atomic mass is 10.4. The van der Waals surface area contributed by atoms with Crippen LogP contribution in [-0.4, -0.2) is 41.0 Å². The third kappa shape index (κ3) is 2.95. The van der Waals surface area contributed by atoms with Crippen LogP contribution in [0.1, 0.15) is 16.2 Å². The quantitative estimate of drug-likeness (QED) is 0.753. The highest BCUT2D eigenvalue weighted by molar-refractivity contribution is 7.19. The van der Waals surface area contributed by atoms with Crippen LogP contribution in [0.25, 0.3) is 10.3 Å². The van der Waals surface area contributed by atoms with Crippen molar-refractivity contribution in [2.75, 3.05) is 20.1 Å². The van der Waals surface area contributed by atoms with Crippen LogP contribution in [0.2, 0.25) is 0 Å². The van der Waals surface area contributed by atoms with E-state index in [1.165, 1.54) is 17.7 Å². The number of hydrogen-bond acceptors (Lipinski definition) is 6. The maximum atomic E-state index is 11.7. The molecule has 0 atom stereocenters. The van der Waals surface area contributed by atoms with Gasteiger partial charge in [-0.15, -0.1) is 0 Å². The van der Waals surface area contributed by atoms with Crippen molar-refractivity contribution in [3.63, 3.8) is 0 Å². The number of nitrogens with zero attached hydrogens (tertiary/aromatic N) is 3. The fourth-order valence-corrected chi connectivity index (χ4v) is 2.12. The van der Waals surface area contributed by atoms with E-state index in [1.807, 2.05) is 7.05 Å². The Labute approximate surface area is 102 Å². The van der Waals surface area contributed by atoms with Gasteiger partial charge in [-0.3, -0.25) is 4.79 Å². The van der Waals surface area contributed by atoms with Gasteiger partial charge < -0.3 is 10.6 Å². The molecule has 2 N–H and O–H groups in total. The van der Waals surface area contributed by atoms with Gasteiger partial charge in [-0.25, -0.2) is 15.0 Å². The fraction of sp³-hybridized carbons (Fsp3) is 0.400. The lowest BCUT2D eigenvalue weighted by Gasteiger charge is -2.01. The van der Waals surface area contributed by atoms with E-state index in [4.69, 9.17) is 0 Å². The predicted octanol–water partition coefficient (Wildman–Crippen LogP) is 0.426. The summed E-state index contributed by atoms with van der Waals surface area (Å²) in [6.07, 6.45) is 3.96. The first kappa shape index (κ1) is 11.9. The van der Waals surface area contributed by atoms with Crippen molar-refractivity contribution in [3.8, 4) is 0 Å². The Kier molecular flexibility index (Phi) is 3.94. The molecule has 0 radical (unpaired) electrons. The lowest BCUT2D eigenvalue weighted by molar-refractivity contribution is 0.0953. The second kappa shape index (κ2) is 5.65. The second-order valence-corrected chi connectivity index (χ2v) is 4.42. The van der Waals surface area contributed by atoms with E-state index in [9.17, 15) is 4.79 Å². The van der Waals surface area contributed by atoms with Crippen molar-refractivity contribution in [1.82, 2.24) is 25.6 Å². The van der Waals surface area contributed by atoms with Gasteiger partial charge in [-0.2, -0.15) is 0 Å². The zero-order valence-corrected chi connectivity index (χ0v) is 10.3. The predicted molar refractivity (Wildman–Crippen MR) is 66.1 cm³/mol. The minimum atomic E-state index is -0.149. The number of carbonyl (C=O) groups excluding carboxylic acids is 1. The van der Waals surface area contributed by atoms with Crippen LogP contribution in [0.4, 0.5) is 0 Å². The molecular weight excluding hydrogens is 238 g/mol. The zero-order chi connectivity index (χ0) is 12.1. The molecule has 2 aromatic rings. The van der Waals surface area contributed by atoms with Crippen LogP contribution in [0.3, 0.4) is 0 Å². The Bertz CT molecular complexity index is 479. The van der Waals surface area contributed by atoms with Crippen LogP contribution in [0, 0.1) is 0 Å². The molecule has 2 aromatic heterocycles. The number of nitrogens with one attached hydrogen (secondary N) is 2. The van der Waals surface area contributed by atoms with Gasteiger partial charge in [0.05, 0.1) is 6.20 Å². The summed E-state index contributed by atoms with van der Waals surface area (Å²) in [5, 5.41) is 6.27. The lowest BCUT2D eigenvalue weighted by Crippen LogP contribution is -2.26. The van der Waals surface area contributed by atoms with E-state index >= 15 is 0 Å². The van der Waals surface area contributed by atoms with Crippen molar-refractivity contribution in [2.24, 2.45) is 0 Å². The summed E-state index contributed by atoms with van der Waals surface area (Å²) in [6.45, 7) is 1.52. The van der Waals surface area contributed by atoms with Gasteiger partial charge in [-0.05, 0) is 20.0 Å². The molecule has 0 fully saturated rings. The summed E-state index contributed by atoms with van der Waals surface area (Å²) < 4.78 is 0. The number of hydrogen-bond donors (Lipinski definition) is 2. The summed E-state index contributed by atoms with van der Waals surface area (Å²) in [4.78, 5) is 24.6. The molecule has 0 saturated heterocycles. The van der Waals surface area contributed by atoms with Crippen molar-refractivity contribution < 1.29 is 4.79 Å². The third-order valence-corrected chi connectivity index (χ3v) is 3.13. The molecule has 0 aliphatic heterocycles. The molecule has 7 heteroatoms. The first-order valence-electron chi connectivity index (χ1n) is 5.30. The van der Waals surface area contributed by atoms with Crippen molar-refractivity contribution >= 4 is 27.6 Å². The summed E-state index contributed by atoms with van der Waals surface area (Å²) in [6, 6.07) is 0. The van der Waals surface area contributed by atoms with Gasteiger partial charge >= 0.3 is 0 Å². The molecule has 2 rings (SSSR count). The summed E-state index contributed by atoms with van der Waals surface area (Å²) >= 11 is 1.28. The van der Waals surface area contributed by atoms with Crippen molar-refractivity contribution in [1.29, 1.82) is 0 Å². The number of aromatic nitrogens is 3. The second-order valence-electron chi connectivity index (χ2n) is 3.45. The first-order chi connectivity index (χ1) is 8.31. The Morgan fingerprint density at radius 2 is 2.35 bits per heavy atom. The molecule has 0 aromatic carbocycles. The number of carbonyl (C=O) groups is 1. The Morgan fingerprint density at radius 3 is 3.12 bits per heavy atom. The Morgan fingerprint density at radius 1 is 1.47 bits per heavy atom. The smallest absolute Gasteiger partial charge is 0.280 e. The highest BCUT2D eigenvalue weighted by Crippen LogP contribution is 2.17. The third-order valence-electron chi connectivity index (χ3n) is 2.16. The molecule has 6 nitrogen and oxygen atoms in total. The average Bonchev–Trinajstić information content (AvgIpc) is 2.78. The van der Waals surface area contributed by atoms with Crippen LogP contribution in [0.5, 0.6) is 0 Å². The van der Waals surface area contributed by atoms with Crippen LogP contribution in [-0.2, 0) is 0 Å². The molecule has 1 amide bonds. The van der Waals surface area contributed by atoms with Gasteiger partial charge in [0.1, 0.15) is 16.7 Å². The molecule has 90 valence electrons.